The number of piperidine rings is 1. The van der Waals surface area contributed by atoms with Gasteiger partial charge in [-0.25, -0.2) is 4.98 Å². The highest BCUT2D eigenvalue weighted by molar-refractivity contribution is 5.92. The van der Waals surface area contributed by atoms with Gasteiger partial charge in [0.05, 0.1) is 11.7 Å². The lowest BCUT2D eigenvalue weighted by Gasteiger charge is -2.38. The molecule has 2 atom stereocenters. The number of nitrogens with one attached hydrogen (secondary N) is 1. The fraction of sp³-hybridized carbons (Fsp3) is 0.438. The summed E-state index contributed by atoms with van der Waals surface area (Å²) in [5.41, 5.74) is 1.01. The smallest absolute Gasteiger partial charge is 0.272 e. The van der Waals surface area contributed by atoms with Crippen molar-refractivity contribution in [1.29, 1.82) is 0 Å². The number of nitrogens with zero attached hydrogens (tertiary/aromatic N) is 5. The molecular formula is C16H20N6O2. The third-order valence-corrected chi connectivity index (χ3v) is 4.33. The third kappa shape index (κ3) is 2.99. The lowest BCUT2D eigenvalue weighted by Crippen LogP contribution is -2.51. The monoisotopic (exact) mass is 328 g/mol. The molecule has 1 aliphatic rings. The fourth-order valence-electron chi connectivity index (χ4n) is 2.97. The van der Waals surface area contributed by atoms with E-state index in [2.05, 4.69) is 20.5 Å². The van der Waals surface area contributed by atoms with Crippen LogP contribution in [0, 0.1) is 6.92 Å². The van der Waals surface area contributed by atoms with E-state index in [1.54, 1.807) is 30.3 Å². The molecule has 8 nitrogen and oxygen atoms in total. The molecule has 3 rings (SSSR count). The number of rotatable bonds is 3. The molecular weight excluding hydrogens is 308 g/mol. The second-order valence-electron chi connectivity index (χ2n) is 6.02. The average Bonchev–Trinajstić information content (AvgIpc) is 2.97. The number of hydrogen-bond donors (Lipinski definition) is 1. The molecule has 2 aromatic rings. The van der Waals surface area contributed by atoms with Crippen LogP contribution in [0.5, 0.6) is 0 Å². The van der Waals surface area contributed by atoms with Gasteiger partial charge in [-0.1, -0.05) is 0 Å². The van der Waals surface area contributed by atoms with Crippen molar-refractivity contribution < 1.29 is 9.59 Å². The average molecular weight is 328 g/mol. The van der Waals surface area contributed by atoms with Crippen LogP contribution in [0.2, 0.25) is 0 Å². The Balaban J connectivity index is 1.84. The van der Waals surface area contributed by atoms with Crippen molar-refractivity contribution in [2.45, 2.75) is 31.8 Å². The number of hydrogen-bond acceptors (Lipinski definition) is 5. The summed E-state index contributed by atoms with van der Waals surface area (Å²) in [6, 6.07) is 2.85. The first-order chi connectivity index (χ1) is 11.5. The molecule has 0 bridgehead atoms. The molecule has 2 aromatic heterocycles. The summed E-state index contributed by atoms with van der Waals surface area (Å²) in [5.74, 6) is 0.490. The van der Waals surface area contributed by atoms with E-state index in [4.69, 9.17) is 0 Å². The molecule has 0 unspecified atom stereocenters. The van der Waals surface area contributed by atoms with Crippen LogP contribution >= 0.6 is 0 Å². The normalized spacial score (nSPS) is 21.0. The summed E-state index contributed by atoms with van der Waals surface area (Å²) < 4.78 is 1.87. The molecule has 1 aliphatic heterocycles. The Morgan fingerprint density at radius 3 is 2.71 bits per heavy atom. The topological polar surface area (TPSA) is 93.0 Å². The van der Waals surface area contributed by atoms with Crippen LogP contribution in [0.3, 0.4) is 0 Å². The maximum Gasteiger partial charge on any atom is 0.272 e. The SMILES string of the molecule is Cc1ccc(C(=O)N[C@@H]2CCC(=O)N(C)[C@H]2c2nccn2C)nn1. The van der Waals surface area contributed by atoms with E-state index >= 15 is 0 Å². The largest absolute Gasteiger partial charge is 0.345 e. The van der Waals surface area contributed by atoms with Gasteiger partial charge in [-0.15, -0.1) is 5.10 Å². The second kappa shape index (κ2) is 6.38. The van der Waals surface area contributed by atoms with E-state index in [0.717, 1.165) is 11.5 Å². The van der Waals surface area contributed by atoms with Crippen LogP contribution in [0.1, 0.15) is 40.9 Å². The van der Waals surface area contributed by atoms with Gasteiger partial charge in [0, 0.05) is 32.9 Å². The molecule has 0 radical (unpaired) electrons. The zero-order valence-corrected chi connectivity index (χ0v) is 13.9. The first-order valence-corrected chi connectivity index (χ1v) is 7.81. The number of likely N-dealkylation sites (tertiary alicyclic amines) is 1. The van der Waals surface area contributed by atoms with Crippen molar-refractivity contribution in [3.8, 4) is 0 Å². The summed E-state index contributed by atoms with van der Waals surface area (Å²) in [6.45, 7) is 1.81. The summed E-state index contributed by atoms with van der Waals surface area (Å²) in [5, 5.41) is 10.8. The number of carbonyl (C=O) groups is 2. The second-order valence-corrected chi connectivity index (χ2v) is 6.02. The minimum atomic E-state index is -0.311. The number of imidazole rings is 1. The van der Waals surface area contributed by atoms with Crippen molar-refractivity contribution in [1.82, 2.24) is 30.0 Å². The van der Waals surface area contributed by atoms with Gasteiger partial charge in [-0.05, 0) is 25.5 Å². The van der Waals surface area contributed by atoms with E-state index in [9.17, 15) is 9.59 Å². The van der Waals surface area contributed by atoms with Gasteiger partial charge < -0.3 is 14.8 Å². The van der Waals surface area contributed by atoms with Crippen molar-refractivity contribution in [3.63, 3.8) is 0 Å². The van der Waals surface area contributed by atoms with Crippen molar-refractivity contribution in [2.75, 3.05) is 7.05 Å². The molecule has 0 aromatic carbocycles. The summed E-state index contributed by atoms with van der Waals surface area (Å²) >= 11 is 0. The van der Waals surface area contributed by atoms with E-state index in [1.807, 2.05) is 24.7 Å². The number of carbonyl (C=O) groups excluding carboxylic acids is 2. The molecule has 3 heterocycles. The molecule has 1 N–H and O–H groups in total. The Morgan fingerprint density at radius 2 is 2.08 bits per heavy atom. The minimum Gasteiger partial charge on any atom is -0.345 e. The zero-order chi connectivity index (χ0) is 17.3. The highest BCUT2D eigenvalue weighted by atomic mass is 16.2. The zero-order valence-electron chi connectivity index (χ0n) is 13.9. The molecule has 24 heavy (non-hydrogen) atoms. The van der Waals surface area contributed by atoms with Gasteiger partial charge in [0.25, 0.3) is 5.91 Å². The van der Waals surface area contributed by atoms with Crippen LogP contribution in [0.15, 0.2) is 24.5 Å². The predicted molar refractivity (Wildman–Crippen MR) is 86.0 cm³/mol. The Hall–Kier alpha value is -2.77. The highest BCUT2D eigenvalue weighted by Gasteiger charge is 2.38. The van der Waals surface area contributed by atoms with Gasteiger partial charge in [0.1, 0.15) is 11.9 Å². The molecule has 0 aliphatic carbocycles. The molecule has 1 fully saturated rings. The van der Waals surface area contributed by atoms with Crippen molar-refractivity contribution in [2.24, 2.45) is 7.05 Å². The molecule has 8 heteroatoms. The minimum absolute atomic E-state index is 0.0450. The van der Waals surface area contributed by atoms with Gasteiger partial charge in [0.15, 0.2) is 5.69 Å². The quantitative estimate of drug-likeness (QED) is 0.891. The van der Waals surface area contributed by atoms with Gasteiger partial charge in [0.2, 0.25) is 5.91 Å². The van der Waals surface area contributed by atoms with E-state index in [0.29, 0.717) is 12.8 Å². The Bertz CT molecular complexity index is 754. The van der Waals surface area contributed by atoms with Gasteiger partial charge in [-0.2, -0.15) is 5.10 Å². The first-order valence-electron chi connectivity index (χ1n) is 7.81. The van der Waals surface area contributed by atoms with Crippen molar-refractivity contribution >= 4 is 11.8 Å². The molecule has 126 valence electrons. The molecule has 2 amide bonds. The van der Waals surface area contributed by atoms with Crippen LogP contribution in [-0.4, -0.2) is 49.6 Å². The maximum atomic E-state index is 12.5. The summed E-state index contributed by atoms with van der Waals surface area (Å²) in [6.07, 6.45) is 4.47. The van der Waals surface area contributed by atoms with Gasteiger partial charge in [-0.3, -0.25) is 9.59 Å². The van der Waals surface area contributed by atoms with Crippen LogP contribution in [0.4, 0.5) is 0 Å². The number of aromatic nitrogens is 4. The lowest BCUT2D eigenvalue weighted by molar-refractivity contribution is -0.136. The third-order valence-electron chi connectivity index (χ3n) is 4.33. The Labute approximate surface area is 139 Å². The fourth-order valence-corrected chi connectivity index (χ4v) is 2.97. The van der Waals surface area contributed by atoms with Crippen LogP contribution in [0.25, 0.3) is 0 Å². The lowest BCUT2D eigenvalue weighted by atomic mass is 9.95. The van der Waals surface area contributed by atoms with Crippen LogP contribution < -0.4 is 5.32 Å². The van der Waals surface area contributed by atoms with Crippen molar-refractivity contribution in [3.05, 3.63) is 41.7 Å². The number of likely N-dealkylation sites (N-methyl/N-ethyl adjacent to an activating group) is 1. The summed E-state index contributed by atoms with van der Waals surface area (Å²) in [7, 11) is 3.62. The Morgan fingerprint density at radius 1 is 1.29 bits per heavy atom. The van der Waals surface area contributed by atoms with Gasteiger partial charge >= 0.3 is 0 Å². The highest BCUT2D eigenvalue weighted by Crippen LogP contribution is 2.29. The standard InChI is InChI=1S/C16H20N6O2/c1-10-4-5-12(20-19-10)16(24)18-11-6-7-13(23)22(3)14(11)15-17-8-9-21(15)2/h4-5,8-9,11,14H,6-7H2,1-3H3,(H,18,24)/t11-,14-/m1/s1. The Kier molecular flexibility index (Phi) is 4.28. The molecule has 1 saturated heterocycles. The molecule has 0 spiro atoms. The van der Waals surface area contributed by atoms with Crippen LogP contribution in [-0.2, 0) is 11.8 Å². The number of amides is 2. The number of aryl methyl sites for hydroxylation is 2. The maximum absolute atomic E-state index is 12.5. The van der Waals surface area contributed by atoms with E-state index in [-0.39, 0.29) is 29.6 Å². The van der Waals surface area contributed by atoms with E-state index in [1.165, 1.54) is 0 Å². The first kappa shape index (κ1) is 16.1. The van der Waals surface area contributed by atoms with E-state index < -0.39 is 0 Å². The summed E-state index contributed by atoms with van der Waals surface area (Å²) in [4.78, 5) is 30.6. The predicted octanol–water partition coefficient (Wildman–Crippen LogP) is 0.610. The molecule has 0 saturated carbocycles.